The first-order chi connectivity index (χ1) is 16.9. The maximum atomic E-state index is 12.3. The molecule has 0 aliphatic heterocycles. The molecular weight excluding hydrogens is 472 g/mol. The highest BCUT2D eigenvalue weighted by atomic mass is 33.1. The highest BCUT2D eigenvalue weighted by Crippen LogP contribution is 2.68. The van der Waals surface area contributed by atoms with E-state index in [1.54, 1.807) is 0 Å². The Hall–Kier alpha value is -1.17. The van der Waals surface area contributed by atoms with Crippen molar-refractivity contribution in [1.82, 2.24) is 0 Å². The van der Waals surface area contributed by atoms with E-state index in [0.29, 0.717) is 42.5 Å². The van der Waals surface area contributed by atoms with Gasteiger partial charge >= 0.3 is 0 Å². The quantitative estimate of drug-likeness (QED) is 0.311. The van der Waals surface area contributed by atoms with Crippen molar-refractivity contribution in [3.05, 3.63) is 53.0 Å². The molecule has 0 spiro atoms. The summed E-state index contributed by atoms with van der Waals surface area (Å²) in [6.07, 6.45) is 10.7. The molecule has 0 radical (unpaired) electrons. The van der Waals surface area contributed by atoms with E-state index in [2.05, 4.69) is 49.8 Å². The van der Waals surface area contributed by atoms with E-state index in [9.17, 15) is 9.90 Å². The van der Waals surface area contributed by atoms with Crippen LogP contribution in [0.2, 0.25) is 0 Å². The topological polar surface area (TPSA) is 46.5 Å². The number of hydrogen-bond donors (Lipinski definition) is 2. The average Bonchev–Trinajstić information content (AvgIpc) is 3.17. The highest BCUT2D eigenvalue weighted by molar-refractivity contribution is 8.69. The van der Waals surface area contributed by atoms with E-state index in [4.69, 9.17) is 4.74 Å². The van der Waals surface area contributed by atoms with Gasteiger partial charge in [-0.15, -0.1) is 11.7 Å². The van der Waals surface area contributed by atoms with Crippen molar-refractivity contribution < 1.29 is 14.6 Å². The lowest BCUT2D eigenvalue weighted by Gasteiger charge is -2.61. The molecule has 3 nitrogen and oxygen atoms in total. The number of hydrogen-bond acceptors (Lipinski definition) is 5. The minimum absolute atomic E-state index is 0.0155. The van der Waals surface area contributed by atoms with Crippen LogP contribution in [0.3, 0.4) is 0 Å². The number of thiol groups is 1. The van der Waals surface area contributed by atoms with Gasteiger partial charge in [0.25, 0.3) is 0 Å². The van der Waals surface area contributed by atoms with Gasteiger partial charge in [0.15, 0.2) is 5.78 Å². The molecular formula is C30H42O3S2. The third kappa shape index (κ3) is 4.90. The molecule has 0 saturated heterocycles. The Morgan fingerprint density at radius 2 is 1.89 bits per heavy atom. The van der Waals surface area contributed by atoms with Crippen LogP contribution in [-0.4, -0.2) is 23.6 Å². The maximum absolute atomic E-state index is 12.3. The molecule has 5 heteroatoms. The predicted octanol–water partition coefficient (Wildman–Crippen LogP) is 7.77. The number of rotatable bonds is 5. The SMILES string of the molecule is CC.CC12CCC(=O)C=C1CCC1C2C(c2ccc(OC/C=C/SS)cc2)CC2(C)C(O)CCC12. The van der Waals surface area contributed by atoms with E-state index in [1.807, 2.05) is 31.4 Å². The summed E-state index contributed by atoms with van der Waals surface area (Å²) in [4.78, 5) is 12.3. The third-order valence-corrected chi connectivity index (χ3v) is 10.4. The molecule has 1 aromatic carbocycles. The van der Waals surface area contributed by atoms with Crippen molar-refractivity contribution in [3.8, 4) is 5.75 Å². The smallest absolute Gasteiger partial charge is 0.155 e. The van der Waals surface area contributed by atoms with Crippen LogP contribution in [0, 0.1) is 28.6 Å². The number of benzene rings is 1. The lowest BCUT2D eigenvalue weighted by Crippen LogP contribution is -2.54. The monoisotopic (exact) mass is 514 g/mol. The van der Waals surface area contributed by atoms with E-state index in [1.165, 1.54) is 21.9 Å². The Labute approximate surface area is 221 Å². The largest absolute Gasteiger partial charge is 0.490 e. The fourth-order valence-electron chi connectivity index (χ4n) is 8.08. The lowest BCUT2D eigenvalue weighted by atomic mass is 9.44. The molecule has 0 bridgehead atoms. The molecule has 0 aromatic heterocycles. The Morgan fingerprint density at radius 1 is 1.14 bits per heavy atom. The second-order valence-corrected chi connectivity index (χ2v) is 12.3. The number of ketones is 1. The minimum atomic E-state index is -0.206. The molecule has 7 unspecified atom stereocenters. The Morgan fingerprint density at radius 3 is 2.60 bits per heavy atom. The number of aliphatic hydroxyl groups excluding tert-OH is 1. The van der Waals surface area contributed by atoms with E-state index < -0.39 is 0 Å². The molecule has 1 aromatic rings. The second-order valence-electron chi connectivity index (χ2n) is 11.2. The molecule has 3 saturated carbocycles. The molecule has 0 heterocycles. The van der Waals surface area contributed by atoms with E-state index in [-0.39, 0.29) is 16.9 Å². The van der Waals surface area contributed by atoms with E-state index in [0.717, 1.165) is 44.3 Å². The summed E-state index contributed by atoms with van der Waals surface area (Å²) < 4.78 is 5.86. The van der Waals surface area contributed by atoms with Crippen LogP contribution in [0.1, 0.15) is 84.1 Å². The number of fused-ring (bicyclic) bond motifs is 5. The summed E-state index contributed by atoms with van der Waals surface area (Å²) in [5, 5.41) is 13.0. The van der Waals surface area contributed by atoms with Gasteiger partial charge in [-0.1, -0.05) is 56.2 Å². The summed E-state index contributed by atoms with van der Waals surface area (Å²) in [5.41, 5.74) is 2.82. The van der Waals surface area contributed by atoms with Gasteiger partial charge in [0.2, 0.25) is 0 Å². The van der Waals surface area contributed by atoms with Crippen molar-refractivity contribution in [3.63, 3.8) is 0 Å². The normalized spacial score (nSPS) is 38.1. The van der Waals surface area contributed by atoms with Gasteiger partial charge in [0, 0.05) is 6.42 Å². The Kier molecular flexibility index (Phi) is 8.50. The number of carbonyl (C=O) groups is 1. The summed E-state index contributed by atoms with van der Waals surface area (Å²) in [6, 6.07) is 8.68. The van der Waals surface area contributed by atoms with Gasteiger partial charge in [0.1, 0.15) is 12.4 Å². The minimum Gasteiger partial charge on any atom is -0.490 e. The highest BCUT2D eigenvalue weighted by Gasteiger charge is 2.62. The maximum Gasteiger partial charge on any atom is 0.155 e. The standard InChI is InChI=1S/C28H36O3S2.C2H6/c1-27-13-12-20(29)16-19(27)6-9-22-24-10-11-25(30)28(24,2)17-23(26(22)27)18-4-7-21(8-5-18)31-14-3-15-33-32;1-2/h3-5,7-8,15-16,22-26,30,32H,6,9-14,17H2,1-2H3;1-2H3/b15-3+;. The van der Waals surface area contributed by atoms with Gasteiger partial charge < -0.3 is 9.84 Å². The molecule has 4 aliphatic rings. The predicted molar refractivity (Wildman–Crippen MR) is 150 cm³/mol. The summed E-state index contributed by atoms with van der Waals surface area (Å²) >= 11 is 4.11. The number of carbonyl (C=O) groups excluding carboxylic acids is 1. The number of aliphatic hydroxyl groups is 1. The first-order valence-electron chi connectivity index (χ1n) is 13.5. The summed E-state index contributed by atoms with van der Waals surface area (Å²) in [5.74, 6) is 3.30. The molecule has 35 heavy (non-hydrogen) atoms. The van der Waals surface area contributed by atoms with Gasteiger partial charge in [-0.3, -0.25) is 4.79 Å². The van der Waals surface area contributed by atoms with Crippen molar-refractivity contribution in [2.75, 3.05) is 6.61 Å². The van der Waals surface area contributed by atoms with Gasteiger partial charge in [0.05, 0.1) is 6.10 Å². The van der Waals surface area contributed by atoms with Crippen LogP contribution in [0.5, 0.6) is 5.75 Å². The first-order valence-corrected chi connectivity index (χ1v) is 15.4. The van der Waals surface area contributed by atoms with Crippen molar-refractivity contribution in [1.29, 1.82) is 0 Å². The van der Waals surface area contributed by atoms with E-state index >= 15 is 0 Å². The van der Waals surface area contributed by atoms with Gasteiger partial charge in [-0.2, -0.15) is 0 Å². The van der Waals surface area contributed by atoms with Crippen molar-refractivity contribution in [2.24, 2.45) is 28.6 Å². The molecule has 4 aliphatic carbocycles. The summed E-state index contributed by atoms with van der Waals surface area (Å²) in [6.45, 7) is 9.32. The molecule has 3 fully saturated rings. The van der Waals surface area contributed by atoms with Crippen LogP contribution in [-0.2, 0) is 4.79 Å². The fourth-order valence-corrected chi connectivity index (χ4v) is 8.50. The molecule has 5 rings (SSSR count). The summed E-state index contributed by atoms with van der Waals surface area (Å²) in [7, 11) is 1.37. The van der Waals surface area contributed by atoms with Crippen LogP contribution in [0.4, 0.5) is 0 Å². The Bertz CT molecular complexity index is 955. The zero-order valence-electron chi connectivity index (χ0n) is 21.7. The zero-order chi connectivity index (χ0) is 25.2. The number of allylic oxidation sites excluding steroid dienone is 1. The molecule has 7 atom stereocenters. The van der Waals surface area contributed by atoms with Crippen LogP contribution >= 0.6 is 22.5 Å². The third-order valence-electron chi connectivity index (χ3n) is 9.68. The molecule has 1 N–H and O–H groups in total. The Balaban J connectivity index is 0.00000141. The van der Waals surface area contributed by atoms with Crippen molar-refractivity contribution in [2.45, 2.75) is 84.7 Å². The molecule has 0 amide bonds. The van der Waals surface area contributed by atoms with Gasteiger partial charge in [-0.25, -0.2) is 0 Å². The van der Waals surface area contributed by atoms with Crippen molar-refractivity contribution >= 4 is 28.2 Å². The average molecular weight is 515 g/mol. The first kappa shape index (κ1) is 26.9. The molecule has 192 valence electrons. The zero-order valence-corrected chi connectivity index (χ0v) is 23.4. The lowest BCUT2D eigenvalue weighted by molar-refractivity contribution is -0.118. The van der Waals surface area contributed by atoms with Crippen LogP contribution in [0.15, 0.2) is 47.4 Å². The number of ether oxygens (including phenoxy) is 1. The van der Waals surface area contributed by atoms with Gasteiger partial charge in [-0.05, 0) is 108 Å². The second kappa shape index (κ2) is 11.1. The fraction of sp³-hybridized carbons (Fsp3) is 0.633. The van der Waals surface area contributed by atoms with Crippen LogP contribution in [0.25, 0.3) is 0 Å². The van der Waals surface area contributed by atoms with Crippen LogP contribution < -0.4 is 4.74 Å².